The molecule has 0 aliphatic carbocycles. The maximum absolute atomic E-state index is 9.84. The van der Waals surface area contributed by atoms with Gasteiger partial charge >= 0.3 is 6.01 Å². The van der Waals surface area contributed by atoms with Gasteiger partial charge in [0.2, 0.25) is 5.88 Å². The molecule has 0 unspecified atom stereocenters. The number of para-hydroxylation sites is 1. The van der Waals surface area contributed by atoms with Gasteiger partial charge < -0.3 is 15.6 Å². The van der Waals surface area contributed by atoms with Gasteiger partial charge in [-0.25, -0.2) is 4.98 Å². The lowest BCUT2D eigenvalue weighted by Gasteiger charge is -2.06. The summed E-state index contributed by atoms with van der Waals surface area (Å²) in [6, 6.07) is 10.7. The van der Waals surface area contributed by atoms with E-state index in [1.807, 2.05) is 18.2 Å². The fourth-order valence-electron chi connectivity index (χ4n) is 1.68. The summed E-state index contributed by atoms with van der Waals surface area (Å²) in [5.41, 5.74) is 6.08. The molecule has 0 atom stereocenters. The van der Waals surface area contributed by atoms with Crippen molar-refractivity contribution in [1.29, 1.82) is 0 Å². The molecule has 3 N–H and O–H groups in total. The zero-order valence-electron chi connectivity index (χ0n) is 9.82. The molecule has 1 aromatic carbocycles. The molecular formula is C13H10N4O2. The first-order valence-electron chi connectivity index (χ1n) is 5.58. The number of nitrogens with zero attached hydrogens (tertiary/aromatic N) is 3. The van der Waals surface area contributed by atoms with Crippen molar-refractivity contribution in [3.05, 3.63) is 42.6 Å². The van der Waals surface area contributed by atoms with Crippen LogP contribution in [0, 0.1) is 0 Å². The number of nitrogens with two attached hydrogens (primary N) is 1. The molecular weight excluding hydrogens is 244 g/mol. The molecule has 0 amide bonds. The Hall–Kier alpha value is -2.89. The molecule has 6 heteroatoms. The molecule has 0 aliphatic heterocycles. The summed E-state index contributed by atoms with van der Waals surface area (Å²) in [4.78, 5) is 11.9. The number of nitrogen functional groups attached to an aromatic ring is 1. The van der Waals surface area contributed by atoms with Crippen LogP contribution in [0.25, 0.3) is 10.9 Å². The third kappa shape index (κ3) is 2.11. The molecule has 0 aliphatic rings. The first kappa shape index (κ1) is 11.2. The molecule has 0 saturated heterocycles. The predicted octanol–water partition coefficient (Wildman–Crippen LogP) is 2.10. The second kappa shape index (κ2) is 4.41. The number of fused-ring (bicyclic) bond motifs is 1. The molecule has 2 aromatic heterocycles. The Morgan fingerprint density at radius 1 is 1.05 bits per heavy atom. The van der Waals surface area contributed by atoms with E-state index in [9.17, 15) is 5.11 Å². The van der Waals surface area contributed by atoms with Crippen LogP contribution in [-0.2, 0) is 0 Å². The average molecular weight is 254 g/mol. The Morgan fingerprint density at radius 3 is 2.63 bits per heavy atom. The van der Waals surface area contributed by atoms with E-state index in [0.29, 0.717) is 16.7 Å². The summed E-state index contributed by atoms with van der Waals surface area (Å²) < 4.78 is 5.46. The highest BCUT2D eigenvalue weighted by Gasteiger charge is 2.11. The van der Waals surface area contributed by atoms with E-state index in [1.165, 1.54) is 6.20 Å². The summed E-state index contributed by atoms with van der Waals surface area (Å²) in [5, 5.41) is 10.3. The minimum Gasteiger partial charge on any atom is -0.493 e. The smallest absolute Gasteiger partial charge is 0.326 e. The van der Waals surface area contributed by atoms with E-state index in [1.54, 1.807) is 18.2 Å². The van der Waals surface area contributed by atoms with Crippen molar-refractivity contribution in [2.45, 2.75) is 0 Å². The van der Waals surface area contributed by atoms with Gasteiger partial charge in [-0.2, -0.15) is 9.97 Å². The number of hydrogen-bond acceptors (Lipinski definition) is 6. The van der Waals surface area contributed by atoms with Gasteiger partial charge in [-0.15, -0.1) is 0 Å². The number of rotatable bonds is 2. The first-order valence-corrected chi connectivity index (χ1v) is 5.58. The van der Waals surface area contributed by atoms with Crippen molar-refractivity contribution >= 4 is 16.7 Å². The van der Waals surface area contributed by atoms with Crippen LogP contribution in [0.4, 0.5) is 5.82 Å². The monoisotopic (exact) mass is 254 g/mol. The van der Waals surface area contributed by atoms with Gasteiger partial charge in [0.05, 0.1) is 5.39 Å². The fourth-order valence-corrected chi connectivity index (χ4v) is 1.68. The minimum atomic E-state index is -0.190. The number of benzene rings is 1. The van der Waals surface area contributed by atoms with Crippen LogP contribution in [-0.4, -0.2) is 20.1 Å². The summed E-state index contributed by atoms with van der Waals surface area (Å²) in [7, 11) is 0. The Kier molecular flexibility index (Phi) is 2.60. The van der Waals surface area contributed by atoms with Gasteiger partial charge in [0.1, 0.15) is 17.1 Å². The van der Waals surface area contributed by atoms with Gasteiger partial charge in [0, 0.05) is 6.20 Å². The summed E-state index contributed by atoms with van der Waals surface area (Å²) in [6.07, 6.45) is 1.48. The molecule has 0 fully saturated rings. The predicted molar refractivity (Wildman–Crippen MR) is 69.9 cm³/mol. The number of ether oxygens (including phenoxy) is 1. The summed E-state index contributed by atoms with van der Waals surface area (Å²) in [6.45, 7) is 0. The summed E-state index contributed by atoms with van der Waals surface area (Å²) >= 11 is 0. The molecule has 0 saturated carbocycles. The van der Waals surface area contributed by atoms with Gasteiger partial charge in [-0.05, 0) is 18.2 Å². The van der Waals surface area contributed by atoms with E-state index in [2.05, 4.69) is 15.0 Å². The van der Waals surface area contributed by atoms with E-state index >= 15 is 0 Å². The van der Waals surface area contributed by atoms with Crippen LogP contribution in [0.1, 0.15) is 0 Å². The molecule has 6 nitrogen and oxygen atoms in total. The zero-order chi connectivity index (χ0) is 13.2. The highest BCUT2D eigenvalue weighted by Crippen LogP contribution is 2.27. The number of anilines is 1. The Labute approximate surface area is 108 Å². The van der Waals surface area contributed by atoms with Crippen LogP contribution in [0.5, 0.6) is 17.6 Å². The van der Waals surface area contributed by atoms with E-state index in [4.69, 9.17) is 10.5 Å². The molecule has 2 heterocycles. The average Bonchev–Trinajstić information content (AvgIpc) is 2.41. The molecule has 19 heavy (non-hydrogen) atoms. The molecule has 94 valence electrons. The number of aromatic hydroxyl groups is 1. The van der Waals surface area contributed by atoms with Gasteiger partial charge in [0.25, 0.3) is 0 Å². The van der Waals surface area contributed by atoms with E-state index < -0.39 is 0 Å². The van der Waals surface area contributed by atoms with Gasteiger partial charge in [0.15, 0.2) is 0 Å². The largest absolute Gasteiger partial charge is 0.493 e. The fraction of sp³-hybridized carbons (Fsp3) is 0. The Balaban J connectivity index is 2.08. The van der Waals surface area contributed by atoms with Crippen LogP contribution < -0.4 is 10.5 Å². The van der Waals surface area contributed by atoms with Crippen LogP contribution >= 0.6 is 0 Å². The van der Waals surface area contributed by atoms with E-state index in [0.717, 1.165) is 0 Å². The lowest BCUT2D eigenvalue weighted by molar-refractivity contribution is 0.412. The van der Waals surface area contributed by atoms with Crippen LogP contribution in [0.3, 0.4) is 0 Å². The summed E-state index contributed by atoms with van der Waals surface area (Å²) in [5.74, 6) is 0.599. The van der Waals surface area contributed by atoms with Crippen molar-refractivity contribution in [1.82, 2.24) is 15.0 Å². The second-order valence-corrected chi connectivity index (χ2v) is 3.84. The van der Waals surface area contributed by atoms with Crippen molar-refractivity contribution in [2.75, 3.05) is 5.73 Å². The van der Waals surface area contributed by atoms with Crippen molar-refractivity contribution < 1.29 is 9.84 Å². The SMILES string of the molecule is Nc1nccc2c(O)nc(Oc3ccccc3)nc12. The van der Waals surface area contributed by atoms with Crippen LogP contribution in [0.15, 0.2) is 42.6 Å². The number of pyridine rings is 1. The second-order valence-electron chi connectivity index (χ2n) is 3.84. The first-order chi connectivity index (χ1) is 9.24. The number of hydrogen-bond donors (Lipinski definition) is 2. The zero-order valence-corrected chi connectivity index (χ0v) is 9.82. The van der Waals surface area contributed by atoms with E-state index in [-0.39, 0.29) is 17.7 Å². The molecule has 0 bridgehead atoms. The Bertz CT molecular complexity index is 731. The lowest BCUT2D eigenvalue weighted by atomic mass is 10.3. The third-order valence-electron chi connectivity index (χ3n) is 2.55. The molecule has 3 aromatic rings. The van der Waals surface area contributed by atoms with Gasteiger partial charge in [-0.1, -0.05) is 18.2 Å². The lowest BCUT2D eigenvalue weighted by Crippen LogP contribution is -1.97. The normalized spacial score (nSPS) is 10.5. The molecule has 3 rings (SSSR count). The molecule has 0 radical (unpaired) electrons. The van der Waals surface area contributed by atoms with Crippen molar-refractivity contribution in [3.63, 3.8) is 0 Å². The van der Waals surface area contributed by atoms with Crippen molar-refractivity contribution in [2.24, 2.45) is 0 Å². The highest BCUT2D eigenvalue weighted by atomic mass is 16.5. The third-order valence-corrected chi connectivity index (χ3v) is 2.55. The standard InChI is InChI=1S/C13H10N4O2/c14-11-10-9(6-7-15-11)12(18)17-13(16-10)19-8-4-2-1-3-5-8/h1-7H,(H2,14,15)(H,16,17,18). The quantitative estimate of drug-likeness (QED) is 0.727. The Morgan fingerprint density at radius 2 is 1.84 bits per heavy atom. The topological polar surface area (TPSA) is 94.2 Å². The maximum atomic E-state index is 9.84. The molecule has 0 spiro atoms. The number of aromatic nitrogens is 3. The maximum Gasteiger partial charge on any atom is 0.326 e. The van der Waals surface area contributed by atoms with Gasteiger partial charge in [-0.3, -0.25) is 0 Å². The van der Waals surface area contributed by atoms with Crippen LogP contribution in [0.2, 0.25) is 0 Å². The minimum absolute atomic E-state index is 0.0240. The van der Waals surface area contributed by atoms with Crippen molar-refractivity contribution in [3.8, 4) is 17.6 Å². The highest BCUT2D eigenvalue weighted by molar-refractivity contribution is 5.90.